The van der Waals surface area contributed by atoms with Gasteiger partial charge >= 0.3 is 6.18 Å². The van der Waals surface area contributed by atoms with Crippen molar-refractivity contribution in [3.63, 3.8) is 0 Å². The maximum Gasteiger partial charge on any atom is 0.416 e. The number of aromatic nitrogens is 2. The minimum Gasteiger partial charge on any atom is -0.378 e. The zero-order valence-electron chi connectivity index (χ0n) is 19.3. The van der Waals surface area contributed by atoms with E-state index in [1.807, 2.05) is 24.3 Å². The fraction of sp³-hybridized carbons (Fsp3) is 0.370. The lowest BCUT2D eigenvalue weighted by Gasteiger charge is -2.32. The van der Waals surface area contributed by atoms with E-state index in [4.69, 9.17) is 0 Å². The van der Waals surface area contributed by atoms with Crippen molar-refractivity contribution in [3.05, 3.63) is 77.1 Å². The van der Waals surface area contributed by atoms with Crippen molar-refractivity contribution in [2.45, 2.75) is 50.9 Å². The van der Waals surface area contributed by atoms with Crippen molar-refractivity contribution in [2.24, 2.45) is 0 Å². The summed E-state index contributed by atoms with van der Waals surface area (Å²) in [6, 6.07) is 13.4. The predicted molar refractivity (Wildman–Crippen MR) is 126 cm³/mol. The number of rotatable bonds is 4. The van der Waals surface area contributed by atoms with E-state index in [0.717, 1.165) is 60.9 Å². The van der Waals surface area contributed by atoms with E-state index >= 15 is 0 Å². The van der Waals surface area contributed by atoms with Crippen LogP contribution in [0.1, 0.15) is 55.0 Å². The average Bonchev–Trinajstić information content (AvgIpc) is 3.28. The lowest BCUT2D eigenvalue weighted by molar-refractivity contribution is -0.137. The molecule has 0 amide bonds. The Morgan fingerprint density at radius 1 is 1.15 bits per heavy atom. The monoisotopic (exact) mass is 467 g/mol. The number of alkyl halides is 3. The number of hydrogen-bond acceptors (Lipinski definition) is 3. The second-order valence-electron chi connectivity index (χ2n) is 9.36. The first-order valence-corrected chi connectivity index (χ1v) is 11.4. The topological polar surface area (TPSA) is 52.1 Å². The maximum absolute atomic E-state index is 13.2. The minimum atomic E-state index is -4.38. The number of nitrogens with zero attached hydrogens (tertiary/aromatic N) is 2. The second-order valence-corrected chi connectivity index (χ2v) is 9.36. The Bertz CT molecular complexity index is 1180. The third-order valence-electron chi connectivity index (χ3n) is 5.96. The van der Waals surface area contributed by atoms with Gasteiger partial charge in [-0.2, -0.15) is 18.3 Å². The molecule has 1 aromatic heterocycles. The van der Waals surface area contributed by atoms with Crippen LogP contribution >= 0.6 is 0 Å². The Balaban J connectivity index is 1.46. The van der Waals surface area contributed by atoms with Crippen molar-refractivity contribution < 1.29 is 18.3 Å². The zero-order chi connectivity index (χ0) is 24.3. The first-order chi connectivity index (χ1) is 16.1. The Hall–Kier alpha value is -3.08. The molecule has 0 saturated carbocycles. The summed E-state index contributed by atoms with van der Waals surface area (Å²) in [5.41, 5.74) is 2.48. The minimum absolute atomic E-state index is 0.165. The molecule has 2 heterocycles. The fourth-order valence-corrected chi connectivity index (χ4v) is 4.31. The Morgan fingerprint density at radius 2 is 1.91 bits per heavy atom. The van der Waals surface area contributed by atoms with Crippen LogP contribution in [-0.2, 0) is 12.7 Å². The number of H-pyrrole nitrogens is 1. The van der Waals surface area contributed by atoms with Gasteiger partial charge in [0.2, 0.25) is 0 Å². The summed E-state index contributed by atoms with van der Waals surface area (Å²) >= 11 is 0. The van der Waals surface area contributed by atoms with Gasteiger partial charge in [0.1, 0.15) is 5.60 Å². The number of aromatic amines is 1. The van der Waals surface area contributed by atoms with E-state index in [1.165, 1.54) is 12.1 Å². The number of benzene rings is 2. The number of likely N-dealkylation sites (tertiary alicyclic amines) is 1. The number of halogens is 3. The molecule has 0 aliphatic carbocycles. The fourth-order valence-electron chi connectivity index (χ4n) is 4.31. The highest BCUT2D eigenvalue weighted by Gasteiger charge is 2.31. The lowest BCUT2D eigenvalue weighted by Crippen LogP contribution is -2.34. The van der Waals surface area contributed by atoms with Gasteiger partial charge in [0, 0.05) is 35.8 Å². The molecule has 2 aromatic carbocycles. The Kier molecular flexibility index (Phi) is 6.83. The van der Waals surface area contributed by atoms with E-state index in [-0.39, 0.29) is 5.92 Å². The first-order valence-electron chi connectivity index (χ1n) is 11.4. The van der Waals surface area contributed by atoms with E-state index in [1.54, 1.807) is 26.1 Å². The number of hydrogen-bond donors (Lipinski definition) is 2. The maximum atomic E-state index is 13.2. The standard InChI is InChI=1S/C27H28F3N3O/c1-26(2,34)13-12-19-8-10-20(11-9-19)17-33-14-4-6-22(18-33)25-24(16-31-32-25)21-5-3-7-23(15-21)27(28,29)30/h3,5,7-11,15-16,22,34H,4,6,14,17-18H2,1-2H3,(H,31,32). The van der Waals surface area contributed by atoms with Gasteiger partial charge in [0.15, 0.2) is 0 Å². The van der Waals surface area contributed by atoms with Crippen LogP contribution in [0.15, 0.2) is 54.7 Å². The highest BCUT2D eigenvalue weighted by atomic mass is 19.4. The third-order valence-corrected chi connectivity index (χ3v) is 5.96. The van der Waals surface area contributed by atoms with Gasteiger partial charge in [-0.25, -0.2) is 0 Å². The smallest absolute Gasteiger partial charge is 0.378 e. The summed E-state index contributed by atoms with van der Waals surface area (Å²) in [7, 11) is 0. The van der Waals surface area contributed by atoms with Gasteiger partial charge in [-0.3, -0.25) is 10.00 Å². The summed E-state index contributed by atoms with van der Waals surface area (Å²) in [5, 5.41) is 17.0. The largest absolute Gasteiger partial charge is 0.416 e. The highest BCUT2D eigenvalue weighted by Crippen LogP contribution is 2.36. The highest BCUT2D eigenvalue weighted by molar-refractivity contribution is 5.66. The molecule has 3 aromatic rings. The van der Waals surface area contributed by atoms with Crippen LogP contribution in [0.25, 0.3) is 11.1 Å². The van der Waals surface area contributed by atoms with Gasteiger partial charge in [0.25, 0.3) is 0 Å². The second kappa shape index (κ2) is 9.65. The molecule has 1 saturated heterocycles. The number of aliphatic hydroxyl groups is 1. The van der Waals surface area contributed by atoms with Crippen LogP contribution in [0.2, 0.25) is 0 Å². The normalized spacial score (nSPS) is 17.3. The molecule has 1 fully saturated rings. The molecule has 1 aliphatic heterocycles. The summed E-state index contributed by atoms with van der Waals surface area (Å²) in [6.07, 6.45) is -0.800. The molecule has 178 valence electrons. The van der Waals surface area contributed by atoms with Gasteiger partial charge in [-0.05, 0) is 68.6 Å². The first kappa shape index (κ1) is 24.1. The van der Waals surface area contributed by atoms with E-state index in [0.29, 0.717) is 5.56 Å². The van der Waals surface area contributed by atoms with Crippen molar-refractivity contribution in [1.82, 2.24) is 15.1 Å². The molecule has 2 N–H and O–H groups in total. The molecule has 4 rings (SSSR count). The molecule has 7 heteroatoms. The van der Waals surface area contributed by atoms with E-state index < -0.39 is 17.3 Å². The van der Waals surface area contributed by atoms with Crippen LogP contribution < -0.4 is 0 Å². The van der Waals surface area contributed by atoms with Crippen molar-refractivity contribution >= 4 is 0 Å². The summed E-state index contributed by atoms with van der Waals surface area (Å²) < 4.78 is 39.6. The molecule has 0 bridgehead atoms. The summed E-state index contributed by atoms with van der Waals surface area (Å²) in [4.78, 5) is 2.36. The molecule has 1 atom stereocenters. The molecular weight excluding hydrogens is 439 g/mol. The van der Waals surface area contributed by atoms with Gasteiger partial charge < -0.3 is 5.11 Å². The summed E-state index contributed by atoms with van der Waals surface area (Å²) in [6.45, 7) is 5.85. The van der Waals surface area contributed by atoms with Gasteiger partial charge in [-0.15, -0.1) is 0 Å². The van der Waals surface area contributed by atoms with Crippen LogP contribution in [0, 0.1) is 11.8 Å². The quantitative estimate of drug-likeness (QED) is 0.492. The average molecular weight is 468 g/mol. The molecular formula is C27H28F3N3O. The van der Waals surface area contributed by atoms with Crippen LogP contribution in [-0.4, -0.2) is 38.9 Å². The molecule has 4 nitrogen and oxygen atoms in total. The number of piperidine rings is 1. The molecule has 1 aliphatic rings. The molecule has 0 spiro atoms. The lowest BCUT2D eigenvalue weighted by atomic mass is 9.90. The zero-order valence-corrected chi connectivity index (χ0v) is 19.3. The van der Waals surface area contributed by atoms with E-state index in [9.17, 15) is 18.3 Å². The number of nitrogens with one attached hydrogen (secondary N) is 1. The molecule has 34 heavy (non-hydrogen) atoms. The van der Waals surface area contributed by atoms with Crippen LogP contribution in [0.4, 0.5) is 13.2 Å². The predicted octanol–water partition coefficient (Wildman–Crippen LogP) is 5.60. The van der Waals surface area contributed by atoms with Crippen molar-refractivity contribution in [3.8, 4) is 23.0 Å². The third kappa shape index (κ3) is 6.07. The van der Waals surface area contributed by atoms with E-state index in [2.05, 4.69) is 26.9 Å². The van der Waals surface area contributed by atoms with Crippen molar-refractivity contribution in [1.29, 1.82) is 0 Å². The SMILES string of the molecule is CC(C)(O)C#Cc1ccc(CN2CCCC(c3[nH]ncc3-c3cccc(C(F)(F)F)c3)C2)cc1. The van der Waals surface area contributed by atoms with Gasteiger partial charge in [0.05, 0.1) is 11.8 Å². The Morgan fingerprint density at radius 3 is 2.62 bits per heavy atom. The van der Waals surface area contributed by atoms with Crippen molar-refractivity contribution in [2.75, 3.05) is 13.1 Å². The molecule has 0 radical (unpaired) electrons. The van der Waals surface area contributed by atoms with Crippen LogP contribution in [0.5, 0.6) is 0 Å². The summed E-state index contributed by atoms with van der Waals surface area (Å²) in [5.74, 6) is 5.96. The van der Waals surface area contributed by atoms with Gasteiger partial charge in [-0.1, -0.05) is 36.1 Å². The van der Waals surface area contributed by atoms with Crippen LogP contribution in [0.3, 0.4) is 0 Å². The molecule has 1 unspecified atom stereocenters. The Labute approximate surface area is 197 Å².